The van der Waals surface area contributed by atoms with Gasteiger partial charge in [0.1, 0.15) is 5.51 Å². The molecular formula is C14H14N4O2S. The van der Waals surface area contributed by atoms with Crippen LogP contribution in [0, 0.1) is 12.8 Å². The number of anilines is 2. The molecule has 108 valence electrons. The Morgan fingerprint density at radius 3 is 3.05 bits per heavy atom. The van der Waals surface area contributed by atoms with Gasteiger partial charge in [-0.2, -0.15) is 0 Å². The van der Waals surface area contributed by atoms with Crippen molar-refractivity contribution in [3.05, 3.63) is 35.3 Å². The van der Waals surface area contributed by atoms with Crippen LogP contribution in [0.3, 0.4) is 0 Å². The van der Waals surface area contributed by atoms with E-state index in [1.807, 2.05) is 31.2 Å². The molecule has 2 amide bonds. The van der Waals surface area contributed by atoms with Gasteiger partial charge < -0.3 is 10.2 Å². The van der Waals surface area contributed by atoms with Crippen LogP contribution in [-0.2, 0) is 9.59 Å². The summed E-state index contributed by atoms with van der Waals surface area (Å²) in [5.74, 6) is -0.574. The van der Waals surface area contributed by atoms with E-state index in [1.165, 1.54) is 11.3 Å². The zero-order valence-electron chi connectivity index (χ0n) is 11.4. The lowest BCUT2D eigenvalue weighted by Gasteiger charge is -2.17. The molecule has 0 saturated carbocycles. The predicted molar refractivity (Wildman–Crippen MR) is 80.2 cm³/mol. The molecule has 1 atom stereocenters. The van der Waals surface area contributed by atoms with Gasteiger partial charge in [-0.25, -0.2) is 0 Å². The third-order valence-electron chi connectivity index (χ3n) is 3.40. The highest BCUT2D eigenvalue weighted by atomic mass is 32.1. The second-order valence-corrected chi connectivity index (χ2v) is 5.81. The van der Waals surface area contributed by atoms with Crippen LogP contribution >= 0.6 is 11.3 Å². The average molecular weight is 302 g/mol. The third-order valence-corrected chi connectivity index (χ3v) is 4.01. The van der Waals surface area contributed by atoms with Crippen molar-refractivity contribution in [3.63, 3.8) is 0 Å². The minimum atomic E-state index is -0.359. The Hall–Kier alpha value is -2.28. The number of hydrogen-bond acceptors (Lipinski definition) is 5. The second-order valence-electron chi connectivity index (χ2n) is 4.98. The predicted octanol–water partition coefficient (Wildman–Crippen LogP) is 1.84. The molecule has 1 aliphatic heterocycles. The fourth-order valence-electron chi connectivity index (χ4n) is 2.36. The quantitative estimate of drug-likeness (QED) is 0.938. The molecule has 1 aliphatic rings. The number of carbonyl (C=O) groups is 2. The zero-order valence-corrected chi connectivity index (χ0v) is 12.3. The van der Waals surface area contributed by atoms with Crippen LogP contribution in [0.1, 0.15) is 12.0 Å². The molecule has 6 nitrogen and oxygen atoms in total. The summed E-state index contributed by atoms with van der Waals surface area (Å²) in [6, 6.07) is 7.72. The van der Waals surface area contributed by atoms with Crippen molar-refractivity contribution in [1.82, 2.24) is 10.2 Å². The molecule has 1 fully saturated rings. The van der Waals surface area contributed by atoms with Crippen LogP contribution < -0.4 is 10.2 Å². The number of nitrogens with zero attached hydrogens (tertiary/aromatic N) is 3. The molecule has 1 saturated heterocycles. The summed E-state index contributed by atoms with van der Waals surface area (Å²) in [5.41, 5.74) is 3.47. The highest BCUT2D eigenvalue weighted by Gasteiger charge is 2.35. The number of rotatable bonds is 3. The van der Waals surface area contributed by atoms with E-state index in [-0.39, 0.29) is 24.2 Å². The van der Waals surface area contributed by atoms with Crippen molar-refractivity contribution >= 4 is 34.0 Å². The van der Waals surface area contributed by atoms with Crippen LogP contribution in [0.4, 0.5) is 10.8 Å². The normalized spacial score (nSPS) is 18.0. The Balaban J connectivity index is 1.71. The fraction of sp³-hybridized carbons (Fsp3) is 0.286. The summed E-state index contributed by atoms with van der Waals surface area (Å²) in [6.07, 6.45) is 0.221. The van der Waals surface area contributed by atoms with E-state index in [0.717, 1.165) is 11.3 Å². The zero-order chi connectivity index (χ0) is 14.8. The van der Waals surface area contributed by atoms with Gasteiger partial charge in [0.25, 0.3) is 0 Å². The molecule has 2 heterocycles. The van der Waals surface area contributed by atoms with E-state index in [1.54, 1.807) is 10.4 Å². The molecule has 21 heavy (non-hydrogen) atoms. The lowest BCUT2D eigenvalue weighted by Crippen LogP contribution is -2.28. The SMILES string of the molecule is Cc1cccc(N2CC(C(=O)Nc3nncs3)CC2=O)c1. The lowest BCUT2D eigenvalue weighted by atomic mass is 10.1. The Labute approximate surface area is 125 Å². The molecule has 0 spiro atoms. The third kappa shape index (κ3) is 2.92. The monoisotopic (exact) mass is 302 g/mol. The molecule has 1 aromatic heterocycles. The van der Waals surface area contributed by atoms with Gasteiger partial charge >= 0.3 is 0 Å². The molecule has 0 bridgehead atoms. The summed E-state index contributed by atoms with van der Waals surface area (Å²) in [7, 11) is 0. The number of nitrogens with one attached hydrogen (secondary N) is 1. The number of benzene rings is 1. The maximum absolute atomic E-state index is 12.2. The molecule has 3 rings (SSSR count). The topological polar surface area (TPSA) is 75.2 Å². The van der Waals surface area contributed by atoms with Gasteiger partial charge in [-0.15, -0.1) is 10.2 Å². The van der Waals surface area contributed by atoms with Crippen molar-refractivity contribution in [2.24, 2.45) is 5.92 Å². The van der Waals surface area contributed by atoms with Crippen LogP contribution in [0.5, 0.6) is 0 Å². The Morgan fingerprint density at radius 2 is 2.33 bits per heavy atom. The van der Waals surface area contributed by atoms with Crippen LogP contribution in [0.25, 0.3) is 0 Å². The Morgan fingerprint density at radius 1 is 1.48 bits per heavy atom. The number of carbonyl (C=O) groups excluding carboxylic acids is 2. The molecule has 1 N–H and O–H groups in total. The summed E-state index contributed by atoms with van der Waals surface area (Å²) >= 11 is 1.26. The van der Waals surface area contributed by atoms with Crippen LogP contribution in [0.2, 0.25) is 0 Å². The number of hydrogen-bond donors (Lipinski definition) is 1. The summed E-state index contributed by atoms with van der Waals surface area (Å²) < 4.78 is 0. The van der Waals surface area contributed by atoms with Gasteiger partial charge in [-0.05, 0) is 24.6 Å². The van der Waals surface area contributed by atoms with Gasteiger partial charge in [-0.3, -0.25) is 9.59 Å². The minimum absolute atomic E-state index is 0.0296. The van der Waals surface area contributed by atoms with Gasteiger partial charge in [0.05, 0.1) is 5.92 Å². The van der Waals surface area contributed by atoms with E-state index < -0.39 is 0 Å². The largest absolute Gasteiger partial charge is 0.312 e. The molecule has 2 aromatic rings. The maximum Gasteiger partial charge on any atom is 0.231 e. The number of aromatic nitrogens is 2. The first-order chi connectivity index (χ1) is 10.1. The van der Waals surface area contributed by atoms with E-state index in [9.17, 15) is 9.59 Å². The summed E-state index contributed by atoms with van der Waals surface area (Å²) in [6.45, 7) is 2.37. The fourth-order valence-corrected chi connectivity index (χ4v) is 2.81. The average Bonchev–Trinajstić information content (AvgIpc) is 3.08. The first kappa shape index (κ1) is 13.7. The minimum Gasteiger partial charge on any atom is -0.312 e. The van der Waals surface area contributed by atoms with Gasteiger partial charge in [0, 0.05) is 18.7 Å². The van der Waals surface area contributed by atoms with E-state index in [4.69, 9.17) is 0 Å². The molecular weight excluding hydrogens is 288 g/mol. The lowest BCUT2D eigenvalue weighted by molar-refractivity contribution is -0.122. The van der Waals surface area contributed by atoms with E-state index in [0.29, 0.717) is 11.7 Å². The summed E-state index contributed by atoms with van der Waals surface area (Å²) in [5, 5.41) is 10.6. The molecule has 1 unspecified atom stereocenters. The molecule has 7 heteroatoms. The highest BCUT2D eigenvalue weighted by molar-refractivity contribution is 7.13. The first-order valence-electron chi connectivity index (χ1n) is 6.57. The molecule has 0 radical (unpaired) electrons. The first-order valence-corrected chi connectivity index (χ1v) is 7.45. The van der Waals surface area contributed by atoms with Crippen molar-refractivity contribution in [3.8, 4) is 0 Å². The van der Waals surface area contributed by atoms with E-state index >= 15 is 0 Å². The number of amides is 2. The van der Waals surface area contributed by atoms with Crippen molar-refractivity contribution in [1.29, 1.82) is 0 Å². The number of aryl methyl sites for hydroxylation is 1. The van der Waals surface area contributed by atoms with Crippen LogP contribution in [-0.4, -0.2) is 28.6 Å². The van der Waals surface area contributed by atoms with Crippen molar-refractivity contribution < 1.29 is 9.59 Å². The smallest absolute Gasteiger partial charge is 0.231 e. The second kappa shape index (κ2) is 5.61. The van der Waals surface area contributed by atoms with Gasteiger partial charge in [-0.1, -0.05) is 23.5 Å². The van der Waals surface area contributed by atoms with Crippen molar-refractivity contribution in [2.45, 2.75) is 13.3 Å². The maximum atomic E-state index is 12.2. The summed E-state index contributed by atoms with van der Waals surface area (Å²) in [4.78, 5) is 25.9. The Kier molecular flexibility index (Phi) is 3.66. The van der Waals surface area contributed by atoms with E-state index in [2.05, 4.69) is 15.5 Å². The molecule has 1 aromatic carbocycles. The highest BCUT2D eigenvalue weighted by Crippen LogP contribution is 2.26. The van der Waals surface area contributed by atoms with Gasteiger partial charge in [0.15, 0.2) is 0 Å². The van der Waals surface area contributed by atoms with Gasteiger partial charge in [0.2, 0.25) is 16.9 Å². The Bertz CT molecular complexity index is 671. The van der Waals surface area contributed by atoms with Crippen LogP contribution in [0.15, 0.2) is 29.8 Å². The molecule has 0 aliphatic carbocycles. The standard InChI is InChI=1S/C14H14N4O2S/c1-9-3-2-4-11(5-9)18-7-10(6-12(18)19)13(20)16-14-17-15-8-21-14/h2-5,8,10H,6-7H2,1H3,(H,16,17,20). The van der Waals surface area contributed by atoms with Crippen molar-refractivity contribution in [2.75, 3.05) is 16.8 Å².